The molecule has 0 fully saturated rings. The van der Waals surface area contributed by atoms with Crippen LogP contribution in [0.3, 0.4) is 0 Å². The Morgan fingerprint density at radius 3 is 2.57 bits per heavy atom. The monoisotopic (exact) mass is 280 g/mol. The van der Waals surface area contributed by atoms with Gasteiger partial charge in [0.1, 0.15) is 0 Å². The van der Waals surface area contributed by atoms with E-state index in [9.17, 15) is 4.79 Å². The minimum Gasteiger partial charge on any atom is -0.387 e. The third kappa shape index (κ3) is 2.92. The fourth-order valence-electron chi connectivity index (χ4n) is 2.98. The summed E-state index contributed by atoms with van der Waals surface area (Å²) < 4.78 is 0. The van der Waals surface area contributed by atoms with Crippen LogP contribution >= 0.6 is 0 Å². The normalized spacial score (nSPS) is 16.9. The van der Waals surface area contributed by atoms with Crippen molar-refractivity contribution in [2.24, 2.45) is 0 Å². The molecule has 108 valence electrons. The molecule has 21 heavy (non-hydrogen) atoms. The Morgan fingerprint density at radius 2 is 1.76 bits per heavy atom. The Hall–Kier alpha value is -2.29. The molecular weight excluding hydrogens is 260 g/mol. The number of anilines is 1. The molecule has 0 heterocycles. The quantitative estimate of drug-likeness (QED) is 0.907. The molecule has 0 aliphatic heterocycles. The number of hydrogen-bond acceptors (Lipinski definition) is 2. The standard InChI is InChI=1S/C18H20N2O/c1-19-17-9-5-4-8-16(17)18(21)20-15-11-10-13-6-2-3-7-14(13)12-15/h2-9,15,19H,10-12H2,1H3,(H,20,21). The second-order valence-corrected chi connectivity index (χ2v) is 5.48. The summed E-state index contributed by atoms with van der Waals surface area (Å²) in [6, 6.07) is 16.3. The summed E-state index contributed by atoms with van der Waals surface area (Å²) in [5.41, 5.74) is 4.35. The molecule has 0 aromatic heterocycles. The van der Waals surface area contributed by atoms with Gasteiger partial charge in [0.25, 0.3) is 5.91 Å². The highest BCUT2D eigenvalue weighted by Gasteiger charge is 2.21. The van der Waals surface area contributed by atoms with Crippen LogP contribution in [0.1, 0.15) is 27.9 Å². The maximum Gasteiger partial charge on any atom is 0.253 e. The van der Waals surface area contributed by atoms with Crippen LogP contribution in [0.5, 0.6) is 0 Å². The summed E-state index contributed by atoms with van der Waals surface area (Å²) >= 11 is 0. The topological polar surface area (TPSA) is 41.1 Å². The van der Waals surface area contributed by atoms with Crippen LogP contribution in [0.25, 0.3) is 0 Å². The van der Waals surface area contributed by atoms with Crippen LogP contribution in [-0.2, 0) is 12.8 Å². The average Bonchev–Trinajstić information content (AvgIpc) is 2.54. The molecule has 1 aliphatic rings. The molecule has 2 N–H and O–H groups in total. The molecule has 2 aromatic rings. The van der Waals surface area contributed by atoms with Crippen molar-refractivity contribution in [2.75, 3.05) is 12.4 Å². The van der Waals surface area contributed by atoms with Crippen LogP contribution in [0, 0.1) is 0 Å². The zero-order chi connectivity index (χ0) is 14.7. The van der Waals surface area contributed by atoms with Gasteiger partial charge in [-0.05, 0) is 42.5 Å². The van der Waals surface area contributed by atoms with E-state index in [2.05, 4.69) is 34.9 Å². The first kappa shape index (κ1) is 13.7. The first-order chi connectivity index (χ1) is 10.3. The highest BCUT2D eigenvalue weighted by molar-refractivity contribution is 5.99. The van der Waals surface area contributed by atoms with Gasteiger partial charge in [-0.2, -0.15) is 0 Å². The third-order valence-electron chi connectivity index (χ3n) is 4.12. The summed E-state index contributed by atoms with van der Waals surface area (Å²) in [5.74, 6) is 0.00401. The second kappa shape index (κ2) is 6.00. The number of para-hydroxylation sites is 1. The number of hydrogen-bond donors (Lipinski definition) is 2. The fraction of sp³-hybridized carbons (Fsp3) is 0.278. The number of benzene rings is 2. The Bertz CT molecular complexity index is 651. The third-order valence-corrected chi connectivity index (χ3v) is 4.12. The van der Waals surface area contributed by atoms with Crippen molar-refractivity contribution in [1.82, 2.24) is 5.32 Å². The number of rotatable bonds is 3. The first-order valence-corrected chi connectivity index (χ1v) is 7.42. The Morgan fingerprint density at radius 1 is 1.05 bits per heavy atom. The van der Waals surface area contributed by atoms with Gasteiger partial charge in [0, 0.05) is 18.8 Å². The van der Waals surface area contributed by atoms with Crippen molar-refractivity contribution in [3.8, 4) is 0 Å². The number of amides is 1. The van der Waals surface area contributed by atoms with E-state index in [-0.39, 0.29) is 11.9 Å². The lowest BCUT2D eigenvalue weighted by Gasteiger charge is -2.25. The summed E-state index contributed by atoms with van der Waals surface area (Å²) in [4.78, 5) is 12.5. The molecule has 1 unspecified atom stereocenters. The number of carbonyl (C=O) groups excluding carboxylic acids is 1. The molecule has 0 spiro atoms. The lowest BCUT2D eigenvalue weighted by Crippen LogP contribution is -2.39. The Labute approximate surface area is 125 Å². The van der Waals surface area contributed by atoms with E-state index in [4.69, 9.17) is 0 Å². The van der Waals surface area contributed by atoms with Crippen molar-refractivity contribution in [3.63, 3.8) is 0 Å². The van der Waals surface area contributed by atoms with E-state index >= 15 is 0 Å². The van der Waals surface area contributed by atoms with Crippen LogP contribution < -0.4 is 10.6 Å². The molecule has 3 heteroatoms. The smallest absolute Gasteiger partial charge is 0.253 e. The number of carbonyl (C=O) groups is 1. The van der Waals surface area contributed by atoms with E-state index in [0.29, 0.717) is 5.56 Å². The van der Waals surface area contributed by atoms with Gasteiger partial charge >= 0.3 is 0 Å². The predicted molar refractivity (Wildman–Crippen MR) is 85.7 cm³/mol. The zero-order valence-electron chi connectivity index (χ0n) is 12.2. The lowest BCUT2D eigenvalue weighted by molar-refractivity contribution is 0.0934. The molecule has 1 aliphatic carbocycles. The Kier molecular flexibility index (Phi) is 3.91. The second-order valence-electron chi connectivity index (χ2n) is 5.48. The van der Waals surface area contributed by atoms with Crippen LogP contribution in [0.2, 0.25) is 0 Å². The summed E-state index contributed by atoms with van der Waals surface area (Å²) in [7, 11) is 1.84. The maximum atomic E-state index is 12.5. The van der Waals surface area contributed by atoms with Crippen LogP contribution in [0.15, 0.2) is 48.5 Å². The molecule has 0 saturated heterocycles. The highest BCUT2D eigenvalue weighted by atomic mass is 16.1. The molecule has 3 rings (SSSR count). The minimum atomic E-state index is 0.00401. The van der Waals surface area contributed by atoms with Crippen molar-refractivity contribution in [3.05, 3.63) is 65.2 Å². The minimum absolute atomic E-state index is 0.00401. The van der Waals surface area contributed by atoms with Crippen LogP contribution in [0.4, 0.5) is 5.69 Å². The van der Waals surface area contributed by atoms with Gasteiger partial charge < -0.3 is 10.6 Å². The fourth-order valence-corrected chi connectivity index (χ4v) is 2.98. The molecule has 0 bridgehead atoms. The first-order valence-electron chi connectivity index (χ1n) is 7.42. The van der Waals surface area contributed by atoms with Gasteiger partial charge in [-0.25, -0.2) is 0 Å². The Balaban J connectivity index is 1.72. The molecule has 0 saturated carbocycles. The molecular formula is C18H20N2O. The lowest BCUT2D eigenvalue weighted by atomic mass is 9.88. The van der Waals surface area contributed by atoms with E-state index in [0.717, 1.165) is 24.9 Å². The van der Waals surface area contributed by atoms with Crippen molar-refractivity contribution >= 4 is 11.6 Å². The van der Waals surface area contributed by atoms with Gasteiger partial charge in [-0.3, -0.25) is 4.79 Å². The number of aryl methyl sites for hydroxylation is 1. The van der Waals surface area contributed by atoms with E-state index < -0.39 is 0 Å². The van der Waals surface area contributed by atoms with Gasteiger partial charge in [0.2, 0.25) is 0 Å². The predicted octanol–water partition coefficient (Wildman–Crippen LogP) is 3.02. The van der Waals surface area contributed by atoms with Crippen molar-refractivity contribution in [2.45, 2.75) is 25.3 Å². The summed E-state index contributed by atoms with van der Waals surface area (Å²) in [6.45, 7) is 0. The summed E-state index contributed by atoms with van der Waals surface area (Å²) in [6.07, 6.45) is 2.96. The molecule has 2 aromatic carbocycles. The molecule has 1 atom stereocenters. The van der Waals surface area contributed by atoms with Gasteiger partial charge in [0.15, 0.2) is 0 Å². The molecule has 1 amide bonds. The van der Waals surface area contributed by atoms with Gasteiger partial charge in [-0.1, -0.05) is 36.4 Å². The number of fused-ring (bicyclic) bond motifs is 1. The van der Waals surface area contributed by atoms with Gasteiger partial charge in [-0.15, -0.1) is 0 Å². The van der Waals surface area contributed by atoms with Crippen molar-refractivity contribution in [1.29, 1.82) is 0 Å². The summed E-state index contributed by atoms with van der Waals surface area (Å²) in [5, 5.41) is 6.24. The van der Waals surface area contributed by atoms with E-state index in [1.807, 2.05) is 31.3 Å². The molecule has 3 nitrogen and oxygen atoms in total. The average molecular weight is 280 g/mol. The largest absolute Gasteiger partial charge is 0.387 e. The van der Waals surface area contributed by atoms with Crippen molar-refractivity contribution < 1.29 is 4.79 Å². The maximum absolute atomic E-state index is 12.5. The van der Waals surface area contributed by atoms with E-state index in [1.165, 1.54) is 11.1 Å². The zero-order valence-corrected chi connectivity index (χ0v) is 12.2. The SMILES string of the molecule is CNc1ccccc1C(=O)NC1CCc2ccccc2C1. The number of nitrogens with one attached hydrogen (secondary N) is 2. The van der Waals surface area contributed by atoms with Gasteiger partial charge in [0.05, 0.1) is 5.56 Å². The molecule has 0 radical (unpaired) electrons. The highest BCUT2D eigenvalue weighted by Crippen LogP contribution is 2.22. The van der Waals surface area contributed by atoms with E-state index in [1.54, 1.807) is 0 Å². The van der Waals surface area contributed by atoms with Crippen LogP contribution in [-0.4, -0.2) is 19.0 Å².